The number of fused-ring (bicyclic) bond motifs is 3. The van der Waals surface area contributed by atoms with Crippen LogP contribution in [0.2, 0.25) is 0 Å². The van der Waals surface area contributed by atoms with Gasteiger partial charge in [-0.2, -0.15) is 5.10 Å². The van der Waals surface area contributed by atoms with Gasteiger partial charge < -0.3 is 14.5 Å². The third-order valence-corrected chi connectivity index (χ3v) is 17.3. The highest BCUT2D eigenvalue weighted by Gasteiger charge is 2.34. The number of imide groups is 1. The summed E-state index contributed by atoms with van der Waals surface area (Å²) in [6.45, 7) is 15.4. The summed E-state index contributed by atoms with van der Waals surface area (Å²) in [5, 5.41) is 11.8. The lowest BCUT2D eigenvalue weighted by Gasteiger charge is -2.41. The summed E-state index contributed by atoms with van der Waals surface area (Å²) in [7, 11) is 1.93. The number of esters is 1. The summed E-state index contributed by atoms with van der Waals surface area (Å²) in [5.74, 6) is 0.311. The highest BCUT2D eigenvalue weighted by molar-refractivity contribution is 7.22. The van der Waals surface area contributed by atoms with Crippen LogP contribution in [0, 0.1) is 12.8 Å². The Morgan fingerprint density at radius 1 is 0.868 bits per heavy atom. The molecule has 4 aromatic carbocycles. The summed E-state index contributed by atoms with van der Waals surface area (Å²) < 4.78 is 8.93. The van der Waals surface area contributed by atoms with Crippen LogP contribution in [0.1, 0.15) is 140 Å². The monoisotopic (exact) mass is 1040 g/mol. The molecule has 2 atom stereocenters. The Hall–Kier alpha value is -6.97. The fraction of sp³-hybridized carbons (Fsp3) is 0.426. The molecule has 14 nitrogen and oxygen atoms in total. The molecular formula is C61H69N9O5S. The van der Waals surface area contributed by atoms with Crippen LogP contribution < -0.4 is 20.4 Å². The van der Waals surface area contributed by atoms with Gasteiger partial charge in [-0.05, 0) is 181 Å². The number of rotatable bonds is 12. The van der Waals surface area contributed by atoms with E-state index in [0.29, 0.717) is 60.1 Å². The first kappa shape index (κ1) is 51.2. The van der Waals surface area contributed by atoms with Crippen molar-refractivity contribution in [2.45, 2.75) is 122 Å². The lowest BCUT2D eigenvalue weighted by molar-refractivity contribution is -0.134. The maximum Gasteiger partial charge on any atom is 0.358 e. The molecule has 6 heterocycles. The van der Waals surface area contributed by atoms with Crippen LogP contribution in [0.15, 0.2) is 91.0 Å². The molecular weight excluding hydrogens is 971 g/mol. The normalized spacial score (nSPS) is 20.4. The van der Waals surface area contributed by atoms with Crippen LogP contribution in [0.4, 0.5) is 16.6 Å². The molecule has 0 bridgehead atoms. The first-order valence-electron chi connectivity index (χ1n) is 27.3. The second-order valence-electron chi connectivity index (χ2n) is 22.6. The zero-order valence-corrected chi connectivity index (χ0v) is 45.5. The predicted molar refractivity (Wildman–Crippen MR) is 301 cm³/mol. The van der Waals surface area contributed by atoms with Crippen molar-refractivity contribution in [3.05, 3.63) is 130 Å². The molecule has 7 aromatic rings. The number of para-hydroxylation sites is 1. The van der Waals surface area contributed by atoms with Gasteiger partial charge in [-0.15, -0.1) is 0 Å². The van der Waals surface area contributed by atoms with E-state index in [9.17, 15) is 19.2 Å². The maximum atomic E-state index is 14.2. The highest BCUT2D eigenvalue weighted by atomic mass is 32.1. The number of hydrogen-bond acceptors (Lipinski definition) is 12. The predicted octanol–water partition coefficient (Wildman–Crippen LogP) is 11.1. The smallest absolute Gasteiger partial charge is 0.358 e. The number of ether oxygens (including phenoxy) is 1. The van der Waals surface area contributed by atoms with Crippen molar-refractivity contribution in [2.24, 2.45) is 13.0 Å². The maximum absolute atomic E-state index is 14.2. The quantitative estimate of drug-likeness (QED) is 0.0887. The zero-order chi connectivity index (χ0) is 52.8. The van der Waals surface area contributed by atoms with Crippen molar-refractivity contribution < 1.29 is 23.9 Å². The van der Waals surface area contributed by atoms with Crippen LogP contribution in [0.3, 0.4) is 0 Å². The van der Waals surface area contributed by atoms with Gasteiger partial charge in [0.15, 0.2) is 10.8 Å². The number of anilines is 3. The van der Waals surface area contributed by atoms with Crippen LogP contribution in [0.25, 0.3) is 32.2 Å². The lowest BCUT2D eigenvalue weighted by atomic mass is 9.75. The largest absolute Gasteiger partial charge is 0.455 e. The number of aromatic nitrogens is 4. The summed E-state index contributed by atoms with van der Waals surface area (Å²) in [6, 6.07) is 31.2. The van der Waals surface area contributed by atoms with Crippen LogP contribution >= 0.6 is 11.3 Å². The number of benzene rings is 4. The molecule has 2 N–H and O–H groups in total. The number of carbonyl (C=O) groups excluding carboxylic acids is 4. The zero-order valence-electron chi connectivity index (χ0n) is 44.7. The molecule has 0 spiro atoms. The van der Waals surface area contributed by atoms with E-state index in [0.717, 1.165) is 100 Å². The van der Waals surface area contributed by atoms with Crippen LogP contribution in [0.5, 0.6) is 0 Å². The molecule has 1 unspecified atom stereocenters. The van der Waals surface area contributed by atoms with Gasteiger partial charge in [-0.3, -0.25) is 34.6 Å². The van der Waals surface area contributed by atoms with Gasteiger partial charge in [0.05, 0.1) is 27.3 Å². The molecule has 1 saturated carbocycles. The molecule has 4 aliphatic rings. The number of aryl methyl sites for hydroxylation is 1. The molecule has 0 radical (unpaired) electrons. The lowest BCUT2D eigenvalue weighted by Crippen LogP contribution is -2.52. The van der Waals surface area contributed by atoms with Crippen molar-refractivity contribution in [1.29, 1.82) is 0 Å². The summed E-state index contributed by atoms with van der Waals surface area (Å²) in [6.07, 6.45) is 8.71. The Kier molecular flexibility index (Phi) is 14.3. The van der Waals surface area contributed by atoms with E-state index in [-0.39, 0.29) is 17.7 Å². The molecule has 1 aliphatic carbocycles. The molecule has 15 heteroatoms. The van der Waals surface area contributed by atoms with E-state index >= 15 is 0 Å². The first-order chi connectivity index (χ1) is 36.6. The van der Waals surface area contributed by atoms with Crippen molar-refractivity contribution in [2.75, 3.05) is 47.8 Å². The molecule has 3 fully saturated rings. The van der Waals surface area contributed by atoms with Gasteiger partial charge in [0.2, 0.25) is 11.8 Å². The van der Waals surface area contributed by atoms with E-state index < -0.39 is 17.5 Å². The molecule has 3 amide bonds. The van der Waals surface area contributed by atoms with Gasteiger partial charge in [-0.1, -0.05) is 53.8 Å². The van der Waals surface area contributed by atoms with E-state index in [1.807, 2.05) is 81.0 Å². The van der Waals surface area contributed by atoms with Crippen molar-refractivity contribution in [3.8, 4) is 11.1 Å². The molecule has 394 valence electrons. The Balaban J connectivity index is 0.715. The average Bonchev–Trinajstić information content (AvgIpc) is 3.98. The molecule has 3 aliphatic heterocycles. The summed E-state index contributed by atoms with van der Waals surface area (Å²) in [5.41, 5.74) is 10.4. The second-order valence-corrected chi connectivity index (χ2v) is 23.6. The minimum atomic E-state index is -0.711. The third kappa shape index (κ3) is 10.6. The number of nitrogens with zero attached hydrogens (tertiary/aromatic N) is 7. The van der Waals surface area contributed by atoms with Crippen LogP contribution in [-0.4, -0.2) is 92.7 Å². The number of carbonyl (C=O) groups is 4. The number of piperidine rings is 1. The Morgan fingerprint density at radius 2 is 1.68 bits per heavy atom. The highest BCUT2D eigenvalue weighted by Crippen LogP contribution is 2.42. The SMILES string of the molecule is Cc1c(-c2ccc(N3CCc4cccc(C(=O)Nc5nc6ccccc6s5)c4C3)nc2C(=O)OC(C)(C)C)cccc1C1CCC(CCCN2CCN(c3ccc4c(C5CCC(=O)NC5=O)nn(C)c4c3)[C@H](C)C2)CC1. The fourth-order valence-electron chi connectivity index (χ4n) is 12.4. The van der Waals surface area contributed by atoms with Gasteiger partial charge in [-0.25, -0.2) is 14.8 Å². The number of nitrogens with one attached hydrogen (secondary N) is 2. The second kappa shape index (κ2) is 21.2. The van der Waals surface area contributed by atoms with Gasteiger partial charge in [0.25, 0.3) is 5.91 Å². The standard InChI is InChI=1S/C61H69N9O5S/c1-37-35-68(32-33-70(37)42-23-24-47-51(34-42)67(6)66-55(47)48-26-28-54(71)64-58(48)73)30-11-12-39-19-21-41(22-20-39)43-14-10-15-44(38(43)2)45-25-27-53(63-56(45)59(74)75-61(3,4)5)69-31-29-40-13-9-16-46(49(40)36-69)57(72)65-60-62-50-17-7-8-18-52(50)76-60/h7-10,13-18,23-25,27,34,37,39,41,48H,11-12,19-22,26,28-33,35-36H2,1-6H3,(H,62,65,72)(H,64,71,73)/t37-,39?,41?,48?/m1/s1. The van der Waals surface area contributed by atoms with E-state index in [1.54, 1.807) is 0 Å². The minimum absolute atomic E-state index is 0.194. The average molecular weight is 1040 g/mol. The van der Waals surface area contributed by atoms with Gasteiger partial charge in [0, 0.05) is 74.4 Å². The third-order valence-electron chi connectivity index (χ3n) is 16.3. The summed E-state index contributed by atoms with van der Waals surface area (Å²) >= 11 is 1.46. The Morgan fingerprint density at radius 3 is 2.47 bits per heavy atom. The first-order valence-corrected chi connectivity index (χ1v) is 28.1. The van der Waals surface area contributed by atoms with Gasteiger partial charge >= 0.3 is 5.97 Å². The van der Waals surface area contributed by atoms with Crippen LogP contribution in [-0.2, 0) is 34.3 Å². The van der Waals surface area contributed by atoms with Gasteiger partial charge in [0.1, 0.15) is 11.4 Å². The molecule has 76 heavy (non-hydrogen) atoms. The minimum Gasteiger partial charge on any atom is -0.455 e. The Bertz CT molecular complexity index is 3330. The number of amides is 3. The number of thiazole rings is 1. The number of piperazine rings is 1. The molecule has 11 rings (SSSR count). The summed E-state index contributed by atoms with van der Waals surface area (Å²) in [4.78, 5) is 69.6. The number of hydrogen-bond donors (Lipinski definition) is 2. The molecule has 2 saturated heterocycles. The fourth-order valence-corrected chi connectivity index (χ4v) is 13.3. The van der Waals surface area contributed by atoms with Crippen molar-refractivity contribution in [1.82, 2.24) is 30.0 Å². The number of pyridine rings is 1. The van der Waals surface area contributed by atoms with Crippen molar-refractivity contribution in [3.63, 3.8) is 0 Å². The molecule has 3 aromatic heterocycles. The van der Waals surface area contributed by atoms with E-state index in [1.165, 1.54) is 53.8 Å². The van der Waals surface area contributed by atoms with E-state index in [2.05, 4.69) is 86.6 Å². The van der Waals surface area contributed by atoms with E-state index in [4.69, 9.17) is 14.8 Å². The Labute approximate surface area is 449 Å². The topological polar surface area (TPSA) is 155 Å². The van der Waals surface area contributed by atoms with Crippen molar-refractivity contribution >= 4 is 72.8 Å².